The van der Waals surface area contributed by atoms with Gasteiger partial charge >= 0.3 is 0 Å². The molecule has 0 aliphatic rings. The average Bonchev–Trinajstić information content (AvgIpc) is 2.10. The Hall–Kier alpha value is -1.64. The van der Waals surface area contributed by atoms with Gasteiger partial charge in [0.2, 0.25) is 0 Å². The summed E-state index contributed by atoms with van der Waals surface area (Å²) in [5.41, 5.74) is 8.46. The molecule has 3 heteroatoms. The zero-order valence-corrected chi connectivity index (χ0v) is 8.13. The summed E-state index contributed by atoms with van der Waals surface area (Å²) in [5.74, 6) is -0.319. The molecule has 0 saturated heterocycles. The van der Waals surface area contributed by atoms with E-state index in [2.05, 4.69) is 4.98 Å². The number of aryl methyl sites for hydroxylation is 2. The molecule has 0 aliphatic heterocycles. The Kier molecular flexibility index (Phi) is 1.88. The second-order valence-electron chi connectivity index (χ2n) is 3.44. The van der Waals surface area contributed by atoms with Gasteiger partial charge in [-0.25, -0.2) is 9.37 Å². The molecule has 2 aromatic rings. The standard InChI is InChI=1S/C11H11FN2/c1-6-3-4-8(12)11-10(6)9(13)5-7(2)14-11/h3-5H,1-2H3,(H2,13,14). The van der Waals surface area contributed by atoms with Crippen LogP contribution in [-0.4, -0.2) is 4.98 Å². The van der Waals surface area contributed by atoms with Crippen molar-refractivity contribution < 1.29 is 4.39 Å². The summed E-state index contributed by atoms with van der Waals surface area (Å²) in [6.45, 7) is 3.70. The van der Waals surface area contributed by atoms with Crippen LogP contribution >= 0.6 is 0 Å². The number of hydrogen-bond acceptors (Lipinski definition) is 2. The molecule has 1 heterocycles. The maximum absolute atomic E-state index is 13.4. The Labute approximate surface area is 81.6 Å². The van der Waals surface area contributed by atoms with E-state index in [9.17, 15) is 4.39 Å². The van der Waals surface area contributed by atoms with Crippen molar-refractivity contribution in [1.82, 2.24) is 4.98 Å². The van der Waals surface area contributed by atoms with Crippen molar-refractivity contribution in [2.45, 2.75) is 13.8 Å². The van der Waals surface area contributed by atoms with E-state index in [4.69, 9.17) is 5.73 Å². The summed E-state index contributed by atoms with van der Waals surface area (Å²) in [5, 5.41) is 0.718. The lowest BCUT2D eigenvalue weighted by molar-refractivity contribution is 0.636. The van der Waals surface area contributed by atoms with Crippen LogP contribution in [0.4, 0.5) is 10.1 Å². The van der Waals surface area contributed by atoms with E-state index in [1.165, 1.54) is 6.07 Å². The first-order valence-corrected chi connectivity index (χ1v) is 4.41. The number of halogens is 1. The molecule has 72 valence electrons. The number of nitrogens with zero attached hydrogens (tertiary/aromatic N) is 1. The van der Waals surface area contributed by atoms with E-state index < -0.39 is 0 Å². The molecule has 0 radical (unpaired) electrons. The Morgan fingerprint density at radius 1 is 1.29 bits per heavy atom. The van der Waals surface area contributed by atoms with E-state index >= 15 is 0 Å². The van der Waals surface area contributed by atoms with Crippen molar-refractivity contribution in [1.29, 1.82) is 0 Å². The van der Waals surface area contributed by atoms with Gasteiger partial charge in [-0.1, -0.05) is 6.07 Å². The van der Waals surface area contributed by atoms with Gasteiger partial charge in [-0.15, -0.1) is 0 Å². The fourth-order valence-electron chi connectivity index (χ4n) is 1.65. The average molecular weight is 190 g/mol. The summed E-state index contributed by atoms with van der Waals surface area (Å²) in [4.78, 5) is 4.14. The van der Waals surface area contributed by atoms with Crippen LogP contribution in [0.1, 0.15) is 11.3 Å². The van der Waals surface area contributed by atoms with Crippen LogP contribution in [0.2, 0.25) is 0 Å². The number of fused-ring (bicyclic) bond motifs is 1. The third-order valence-corrected chi connectivity index (χ3v) is 2.28. The summed E-state index contributed by atoms with van der Waals surface area (Å²) < 4.78 is 13.4. The lowest BCUT2D eigenvalue weighted by Gasteiger charge is -2.06. The molecule has 0 saturated carbocycles. The van der Waals surface area contributed by atoms with E-state index in [0.29, 0.717) is 11.2 Å². The van der Waals surface area contributed by atoms with Crippen LogP contribution in [-0.2, 0) is 0 Å². The van der Waals surface area contributed by atoms with Crippen LogP contribution in [0.15, 0.2) is 18.2 Å². The van der Waals surface area contributed by atoms with E-state index in [0.717, 1.165) is 16.6 Å². The molecule has 2 rings (SSSR count). The smallest absolute Gasteiger partial charge is 0.149 e. The number of nitrogens with two attached hydrogens (primary N) is 1. The molecular formula is C11H11FN2. The molecule has 0 unspecified atom stereocenters. The predicted molar refractivity (Wildman–Crippen MR) is 55.6 cm³/mol. The number of pyridine rings is 1. The minimum absolute atomic E-state index is 0.319. The third kappa shape index (κ3) is 1.21. The maximum Gasteiger partial charge on any atom is 0.149 e. The summed E-state index contributed by atoms with van der Waals surface area (Å²) in [6, 6.07) is 4.89. The van der Waals surface area contributed by atoms with Gasteiger partial charge < -0.3 is 5.73 Å². The minimum atomic E-state index is -0.319. The van der Waals surface area contributed by atoms with E-state index in [1.54, 1.807) is 19.1 Å². The summed E-state index contributed by atoms with van der Waals surface area (Å²) in [7, 11) is 0. The molecule has 0 spiro atoms. The van der Waals surface area contributed by atoms with Crippen LogP contribution < -0.4 is 5.73 Å². The molecule has 0 amide bonds. The third-order valence-electron chi connectivity index (χ3n) is 2.28. The fraction of sp³-hybridized carbons (Fsp3) is 0.182. The van der Waals surface area contributed by atoms with Crippen LogP contribution in [0, 0.1) is 19.7 Å². The Balaban J connectivity index is 3.00. The lowest BCUT2D eigenvalue weighted by atomic mass is 10.1. The molecule has 0 atom stereocenters. The second kappa shape index (κ2) is 2.94. The van der Waals surface area contributed by atoms with Crippen molar-refractivity contribution in [3.63, 3.8) is 0 Å². The van der Waals surface area contributed by atoms with Gasteiger partial charge in [0.25, 0.3) is 0 Å². The van der Waals surface area contributed by atoms with Crippen LogP contribution in [0.5, 0.6) is 0 Å². The molecule has 0 aliphatic carbocycles. The van der Waals surface area contributed by atoms with E-state index in [1.807, 2.05) is 6.92 Å². The summed E-state index contributed by atoms with van der Waals surface area (Å²) >= 11 is 0. The number of hydrogen-bond donors (Lipinski definition) is 1. The highest BCUT2D eigenvalue weighted by atomic mass is 19.1. The highest BCUT2D eigenvalue weighted by Crippen LogP contribution is 2.25. The number of nitrogen functional groups attached to an aromatic ring is 1. The zero-order chi connectivity index (χ0) is 10.3. The SMILES string of the molecule is Cc1cc(N)c2c(C)ccc(F)c2n1. The highest BCUT2D eigenvalue weighted by molar-refractivity contribution is 5.93. The number of benzene rings is 1. The van der Waals surface area contributed by atoms with Gasteiger partial charge in [-0.05, 0) is 31.5 Å². The molecule has 2 N–H and O–H groups in total. The molecule has 1 aromatic heterocycles. The number of anilines is 1. The number of aromatic nitrogens is 1. The maximum atomic E-state index is 13.4. The quantitative estimate of drug-likeness (QED) is 0.693. The molecule has 2 nitrogen and oxygen atoms in total. The van der Waals surface area contributed by atoms with Crippen molar-refractivity contribution in [2.24, 2.45) is 0 Å². The first kappa shape index (κ1) is 8.94. The highest BCUT2D eigenvalue weighted by Gasteiger charge is 2.08. The first-order chi connectivity index (χ1) is 6.59. The molecule has 1 aromatic carbocycles. The number of rotatable bonds is 0. The molecule has 14 heavy (non-hydrogen) atoms. The topological polar surface area (TPSA) is 38.9 Å². The Morgan fingerprint density at radius 2 is 2.00 bits per heavy atom. The molecule has 0 fully saturated rings. The van der Waals surface area contributed by atoms with Gasteiger partial charge in [0, 0.05) is 16.8 Å². The van der Waals surface area contributed by atoms with E-state index in [-0.39, 0.29) is 5.82 Å². The molecular weight excluding hydrogens is 179 g/mol. The second-order valence-corrected chi connectivity index (χ2v) is 3.44. The zero-order valence-electron chi connectivity index (χ0n) is 8.13. The lowest BCUT2D eigenvalue weighted by Crippen LogP contribution is -1.96. The van der Waals surface area contributed by atoms with Crippen molar-refractivity contribution in [3.05, 3.63) is 35.3 Å². The minimum Gasteiger partial charge on any atom is -0.398 e. The van der Waals surface area contributed by atoms with Gasteiger partial charge in [-0.2, -0.15) is 0 Å². The normalized spacial score (nSPS) is 10.8. The van der Waals surface area contributed by atoms with Crippen LogP contribution in [0.3, 0.4) is 0 Å². The van der Waals surface area contributed by atoms with Gasteiger partial charge in [-0.3, -0.25) is 0 Å². The van der Waals surface area contributed by atoms with Crippen LogP contribution in [0.25, 0.3) is 10.9 Å². The van der Waals surface area contributed by atoms with Gasteiger partial charge in [0.1, 0.15) is 11.3 Å². The summed E-state index contributed by atoms with van der Waals surface area (Å²) in [6.07, 6.45) is 0. The largest absolute Gasteiger partial charge is 0.398 e. The van der Waals surface area contributed by atoms with Crippen molar-refractivity contribution >= 4 is 16.6 Å². The van der Waals surface area contributed by atoms with Crippen molar-refractivity contribution in [2.75, 3.05) is 5.73 Å². The van der Waals surface area contributed by atoms with Gasteiger partial charge in [0.05, 0.1) is 0 Å². The molecule has 0 bridgehead atoms. The van der Waals surface area contributed by atoms with Gasteiger partial charge in [0.15, 0.2) is 0 Å². The predicted octanol–water partition coefficient (Wildman–Crippen LogP) is 2.57. The Bertz CT molecular complexity index is 506. The fourth-order valence-corrected chi connectivity index (χ4v) is 1.65. The van der Waals surface area contributed by atoms with Crippen molar-refractivity contribution in [3.8, 4) is 0 Å². The monoisotopic (exact) mass is 190 g/mol. The Morgan fingerprint density at radius 3 is 2.71 bits per heavy atom. The first-order valence-electron chi connectivity index (χ1n) is 4.41.